The van der Waals surface area contributed by atoms with Gasteiger partial charge in [-0.3, -0.25) is 24.1 Å². The minimum atomic E-state index is -0.887. The lowest BCUT2D eigenvalue weighted by atomic mass is 9.92. The van der Waals surface area contributed by atoms with E-state index in [1.807, 2.05) is 0 Å². The third-order valence-electron chi connectivity index (χ3n) is 3.10. The fourth-order valence-electron chi connectivity index (χ4n) is 2.17. The molecule has 0 radical (unpaired) electrons. The first-order valence-corrected chi connectivity index (χ1v) is 6.34. The van der Waals surface area contributed by atoms with Gasteiger partial charge < -0.3 is 5.32 Å². The molecule has 1 N–H and O–H groups in total. The second-order valence-corrected chi connectivity index (χ2v) is 4.27. The molecule has 0 saturated heterocycles. The van der Waals surface area contributed by atoms with E-state index in [0.717, 1.165) is 4.90 Å². The number of rotatable bonds is 3. The number of ketones is 1. The summed E-state index contributed by atoms with van der Waals surface area (Å²) in [6.45, 7) is 3.86. The quantitative estimate of drug-likeness (QED) is 0.647. The van der Waals surface area contributed by atoms with Gasteiger partial charge in [-0.2, -0.15) is 0 Å². The summed E-state index contributed by atoms with van der Waals surface area (Å²) >= 11 is 0. The first-order valence-electron chi connectivity index (χ1n) is 6.34. The number of Topliss-reactive ketones (excluding diaryl/α,β-unsaturated/α-hetero) is 1. The predicted molar refractivity (Wildman–Crippen MR) is 70.5 cm³/mol. The van der Waals surface area contributed by atoms with Crippen molar-refractivity contribution in [2.75, 3.05) is 13.1 Å². The molecule has 1 aromatic carbocycles. The molecule has 20 heavy (non-hydrogen) atoms. The Hall–Kier alpha value is -2.50. The van der Waals surface area contributed by atoms with Gasteiger partial charge in [-0.05, 0) is 26.0 Å². The number of benzene rings is 1. The summed E-state index contributed by atoms with van der Waals surface area (Å²) < 4.78 is 0. The Balaban J connectivity index is 2.62. The first-order chi connectivity index (χ1) is 9.52. The first kappa shape index (κ1) is 13.9. The molecule has 104 valence electrons. The van der Waals surface area contributed by atoms with Gasteiger partial charge >= 0.3 is 5.91 Å². The highest BCUT2D eigenvalue weighted by atomic mass is 16.2. The SMILES string of the molecule is CCNC(=O)c1cccc2c1C(=O)C(=O)N(CC)C2=O. The van der Waals surface area contributed by atoms with Crippen LogP contribution in [0.2, 0.25) is 0 Å². The molecular weight excluding hydrogens is 260 g/mol. The van der Waals surface area contributed by atoms with E-state index in [2.05, 4.69) is 5.32 Å². The Morgan fingerprint density at radius 1 is 1.15 bits per heavy atom. The standard InChI is InChI=1S/C14H14N2O4/c1-3-15-12(18)8-6-5-7-9-10(8)11(17)14(20)16(4-2)13(9)19/h5-7H,3-4H2,1-2H3,(H,15,18). The second kappa shape index (κ2) is 5.24. The van der Waals surface area contributed by atoms with E-state index in [-0.39, 0.29) is 23.2 Å². The van der Waals surface area contributed by atoms with E-state index in [9.17, 15) is 19.2 Å². The molecule has 0 saturated carbocycles. The Labute approximate surface area is 115 Å². The maximum atomic E-state index is 12.2. The molecule has 1 aromatic rings. The van der Waals surface area contributed by atoms with E-state index in [0.29, 0.717) is 6.54 Å². The van der Waals surface area contributed by atoms with E-state index in [1.165, 1.54) is 18.2 Å². The van der Waals surface area contributed by atoms with Crippen LogP contribution in [0.3, 0.4) is 0 Å². The topological polar surface area (TPSA) is 83.6 Å². The molecule has 1 aliphatic rings. The number of likely N-dealkylation sites (N-methyl/N-ethyl adjacent to an activating group) is 1. The van der Waals surface area contributed by atoms with Gasteiger partial charge in [0.25, 0.3) is 17.6 Å². The summed E-state index contributed by atoms with van der Waals surface area (Å²) in [5.41, 5.74) is 0.0603. The molecule has 0 unspecified atom stereocenters. The van der Waals surface area contributed by atoms with Crippen molar-refractivity contribution >= 4 is 23.5 Å². The van der Waals surface area contributed by atoms with Crippen molar-refractivity contribution in [3.63, 3.8) is 0 Å². The van der Waals surface area contributed by atoms with Gasteiger partial charge in [0.05, 0.1) is 16.7 Å². The molecule has 0 spiro atoms. The van der Waals surface area contributed by atoms with Crippen LogP contribution in [0.5, 0.6) is 0 Å². The summed E-state index contributed by atoms with van der Waals surface area (Å²) in [6.07, 6.45) is 0. The average molecular weight is 274 g/mol. The van der Waals surface area contributed by atoms with E-state index in [1.54, 1.807) is 13.8 Å². The summed E-state index contributed by atoms with van der Waals surface area (Å²) in [4.78, 5) is 49.0. The Morgan fingerprint density at radius 3 is 2.45 bits per heavy atom. The van der Waals surface area contributed by atoms with E-state index < -0.39 is 23.5 Å². The summed E-state index contributed by atoms with van der Waals surface area (Å²) in [5, 5.41) is 2.56. The number of nitrogens with one attached hydrogen (secondary N) is 1. The number of hydrogen-bond donors (Lipinski definition) is 1. The van der Waals surface area contributed by atoms with Crippen LogP contribution in [0, 0.1) is 0 Å². The number of nitrogens with zero attached hydrogens (tertiary/aromatic N) is 1. The maximum absolute atomic E-state index is 12.2. The molecule has 3 amide bonds. The zero-order valence-electron chi connectivity index (χ0n) is 11.2. The van der Waals surface area contributed by atoms with Crippen LogP contribution in [0.4, 0.5) is 0 Å². The number of imide groups is 1. The second-order valence-electron chi connectivity index (χ2n) is 4.27. The number of hydrogen-bond acceptors (Lipinski definition) is 4. The normalized spacial score (nSPS) is 14.3. The fraction of sp³-hybridized carbons (Fsp3) is 0.286. The molecule has 0 aromatic heterocycles. The van der Waals surface area contributed by atoms with Crippen LogP contribution in [0.25, 0.3) is 0 Å². The van der Waals surface area contributed by atoms with Gasteiger partial charge in [0.1, 0.15) is 0 Å². The molecule has 0 aliphatic carbocycles. The number of amides is 3. The molecule has 2 rings (SSSR count). The Kier molecular flexibility index (Phi) is 3.65. The average Bonchev–Trinajstić information content (AvgIpc) is 2.45. The molecule has 0 atom stereocenters. The summed E-state index contributed by atoms with van der Waals surface area (Å²) in [7, 11) is 0. The van der Waals surface area contributed by atoms with Crippen LogP contribution >= 0.6 is 0 Å². The van der Waals surface area contributed by atoms with Crippen molar-refractivity contribution in [1.29, 1.82) is 0 Å². The smallest absolute Gasteiger partial charge is 0.301 e. The highest BCUT2D eigenvalue weighted by Crippen LogP contribution is 2.23. The van der Waals surface area contributed by atoms with Crippen molar-refractivity contribution in [1.82, 2.24) is 10.2 Å². The lowest BCUT2D eigenvalue weighted by Crippen LogP contribution is -2.47. The molecule has 0 fully saturated rings. The van der Waals surface area contributed by atoms with E-state index >= 15 is 0 Å². The monoisotopic (exact) mass is 274 g/mol. The van der Waals surface area contributed by atoms with Crippen LogP contribution in [0.1, 0.15) is 44.9 Å². The van der Waals surface area contributed by atoms with Crippen molar-refractivity contribution in [2.45, 2.75) is 13.8 Å². The Bertz CT molecular complexity index is 607. The van der Waals surface area contributed by atoms with Crippen molar-refractivity contribution in [2.24, 2.45) is 0 Å². The summed E-state index contributed by atoms with van der Waals surface area (Å²) in [6, 6.07) is 4.41. The number of fused-ring (bicyclic) bond motifs is 1. The molecule has 0 bridgehead atoms. The molecule has 1 heterocycles. The largest absolute Gasteiger partial charge is 0.352 e. The lowest BCUT2D eigenvalue weighted by Gasteiger charge is -2.25. The zero-order valence-corrected chi connectivity index (χ0v) is 11.2. The van der Waals surface area contributed by atoms with Crippen molar-refractivity contribution in [3.05, 3.63) is 34.9 Å². The molecule has 1 aliphatic heterocycles. The van der Waals surface area contributed by atoms with Crippen LogP contribution in [-0.2, 0) is 4.79 Å². The van der Waals surface area contributed by atoms with Gasteiger partial charge in [-0.15, -0.1) is 0 Å². The van der Waals surface area contributed by atoms with Crippen molar-refractivity contribution < 1.29 is 19.2 Å². The maximum Gasteiger partial charge on any atom is 0.301 e. The van der Waals surface area contributed by atoms with Crippen molar-refractivity contribution in [3.8, 4) is 0 Å². The van der Waals surface area contributed by atoms with Gasteiger partial charge in [0.2, 0.25) is 0 Å². The van der Waals surface area contributed by atoms with Crippen LogP contribution < -0.4 is 5.32 Å². The van der Waals surface area contributed by atoms with Gasteiger partial charge in [0, 0.05) is 13.1 Å². The van der Waals surface area contributed by atoms with Gasteiger partial charge in [-0.1, -0.05) is 6.07 Å². The molecule has 6 heteroatoms. The minimum Gasteiger partial charge on any atom is -0.352 e. The number of carbonyl (C=O) groups is 4. The summed E-state index contributed by atoms with van der Waals surface area (Å²) in [5.74, 6) is -2.72. The minimum absolute atomic E-state index is 0.0619. The third-order valence-corrected chi connectivity index (χ3v) is 3.10. The van der Waals surface area contributed by atoms with Gasteiger partial charge in [0.15, 0.2) is 0 Å². The zero-order chi connectivity index (χ0) is 14.9. The predicted octanol–water partition coefficient (Wildman–Crippen LogP) is 0.621. The highest BCUT2D eigenvalue weighted by Gasteiger charge is 2.39. The van der Waals surface area contributed by atoms with Crippen LogP contribution in [-0.4, -0.2) is 41.5 Å². The van der Waals surface area contributed by atoms with Gasteiger partial charge in [-0.25, -0.2) is 0 Å². The Morgan fingerprint density at radius 2 is 1.85 bits per heavy atom. The lowest BCUT2D eigenvalue weighted by molar-refractivity contribution is -0.124. The fourth-order valence-corrected chi connectivity index (χ4v) is 2.17. The van der Waals surface area contributed by atoms with E-state index in [4.69, 9.17) is 0 Å². The highest BCUT2D eigenvalue weighted by molar-refractivity contribution is 6.50. The van der Waals surface area contributed by atoms with Crippen LogP contribution in [0.15, 0.2) is 18.2 Å². The molecular formula is C14H14N2O4. The molecule has 6 nitrogen and oxygen atoms in total. The third kappa shape index (κ3) is 1.99. The number of carbonyl (C=O) groups excluding carboxylic acids is 4.